The Hall–Kier alpha value is -3.01. The van der Waals surface area contributed by atoms with Gasteiger partial charge in [-0.25, -0.2) is 9.97 Å². The summed E-state index contributed by atoms with van der Waals surface area (Å²) in [4.78, 5) is 13.2. The van der Waals surface area contributed by atoms with Gasteiger partial charge in [0.2, 0.25) is 0 Å². The predicted octanol–water partition coefficient (Wildman–Crippen LogP) is 3.43. The molecule has 4 heteroatoms. The maximum absolute atomic E-state index is 6.28. The Kier molecular flexibility index (Phi) is 2.54. The Morgan fingerprint density at radius 2 is 1.76 bits per heavy atom. The summed E-state index contributed by atoms with van der Waals surface area (Å²) in [6.45, 7) is 0. The highest BCUT2D eigenvalue weighted by Crippen LogP contribution is 2.29. The summed E-state index contributed by atoms with van der Waals surface area (Å²) in [6.07, 6.45) is 5.35. The van der Waals surface area contributed by atoms with Crippen LogP contribution in [-0.4, -0.2) is 15.0 Å². The summed E-state index contributed by atoms with van der Waals surface area (Å²) >= 11 is 0. The molecule has 0 aliphatic rings. The number of fused-ring (bicyclic) bond motifs is 2. The Bertz CT molecular complexity index is 949. The highest BCUT2D eigenvalue weighted by Gasteiger charge is 2.08. The third kappa shape index (κ3) is 1.89. The highest BCUT2D eigenvalue weighted by atomic mass is 14.9. The Balaban J connectivity index is 2.03. The second-order valence-electron chi connectivity index (χ2n) is 4.88. The normalized spacial score (nSPS) is 11.0. The van der Waals surface area contributed by atoms with Gasteiger partial charge in [-0.1, -0.05) is 30.3 Å². The molecule has 2 aromatic heterocycles. The minimum Gasteiger partial charge on any atom is -0.396 e. The van der Waals surface area contributed by atoms with Crippen LogP contribution in [0.2, 0.25) is 0 Å². The summed E-state index contributed by atoms with van der Waals surface area (Å²) in [6, 6.07) is 13.8. The van der Waals surface area contributed by atoms with Gasteiger partial charge in [-0.3, -0.25) is 4.98 Å². The molecule has 0 saturated carbocycles. The van der Waals surface area contributed by atoms with E-state index < -0.39 is 0 Å². The van der Waals surface area contributed by atoms with Gasteiger partial charge in [0.15, 0.2) is 5.82 Å². The minimum absolute atomic E-state index is 0.671. The smallest absolute Gasteiger partial charge is 0.159 e. The first-order valence-electron chi connectivity index (χ1n) is 6.67. The van der Waals surface area contributed by atoms with Gasteiger partial charge in [0.25, 0.3) is 0 Å². The summed E-state index contributed by atoms with van der Waals surface area (Å²) < 4.78 is 0. The molecule has 100 valence electrons. The Morgan fingerprint density at radius 3 is 2.62 bits per heavy atom. The number of anilines is 1. The summed E-state index contributed by atoms with van der Waals surface area (Å²) in [5.74, 6) is 0.684. The predicted molar refractivity (Wildman–Crippen MR) is 84.7 cm³/mol. The number of benzene rings is 2. The molecule has 0 bridgehead atoms. The maximum Gasteiger partial charge on any atom is 0.159 e. The van der Waals surface area contributed by atoms with Crippen LogP contribution in [-0.2, 0) is 0 Å². The number of nitrogens with two attached hydrogens (primary N) is 1. The van der Waals surface area contributed by atoms with Crippen LogP contribution < -0.4 is 5.73 Å². The maximum atomic E-state index is 6.28. The van der Waals surface area contributed by atoms with E-state index in [9.17, 15) is 0 Å². The van der Waals surface area contributed by atoms with Crippen LogP contribution in [0.3, 0.4) is 0 Å². The lowest BCUT2D eigenvalue weighted by atomic mass is 10.1. The van der Waals surface area contributed by atoms with Crippen molar-refractivity contribution >= 4 is 27.4 Å². The third-order valence-electron chi connectivity index (χ3n) is 3.56. The average Bonchev–Trinajstić information content (AvgIpc) is 2.56. The van der Waals surface area contributed by atoms with Crippen LogP contribution in [0.5, 0.6) is 0 Å². The second kappa shape index (κ2) is 4.52. The topological polar surface area (TPSA) is 64.7 Å². The number of nitrogen functional groups attached to an aromatic ring is 1. The zero-order valence-corrected chi connectivity index (χ0v) is 11.2. The number of hydrogen-bond donors (Lipinski definition) is 1. The lowest BCUT2D eigenvalue weighted by molar-refractivity contribution is 1.23. The molecule has 4 nitrogen and oxygen atoms in total. The van der Waals surface area contributed by atoms with Crippen LogP contribution in [0.25, 0.3) is 33.1 Å². The summed E-state index contributed by atoms with van der Waals surface area (Å²) in [7, 11) is 0. The van der Waals surface area contributed by atoms with Crippen LogP contribution in [0, 0.1) is 0 Å². The van der Waals surface area contributed by atoms with Crippen molar-refractivity contribution < 1.29 is 0 Å². The van der Waals surface area contributed by atoms with Crippen molar-refractivity contribution in [2.24, 2.45) is 0 Å². The molecule has 0 spiro atoms. The molecule has 2 aromatic carbocycles. The molecule has 0 amide bonds. The van der Waals surface area contributed by atoms with E-state index in [1.54, 1.807) is 12.4 Å². The fourth-order valence-corrected chi connectivity index (χ4v) is 2.50. The fourth-order valence-electron chi connectivity index (χ4n) is 2.50. The molecular formula is C17H12N4. The number of nitrogens with zero attached hydrogens (tertiary/aromatic N) is 3. The molecule has 21 heavy (non-hydrogen) atoms. The van der Waals surface area contributed by atoms with Gasteiger partial charge in [0, 0.05) is 40.3 Å². The van der Waals surface area contributed by atoms with Gasteiger partial charge in [0.1, 0.15) is 0 Å². The molecule has 0 saturated heterocycles. The van der Waals surface area contributed by atoms with Crippen molar-refractivity contribution in [1.82, 2.24) is 15.0 Å². The van der Waals surface area contributed by atoms with Crippen LogP contribution >= 0.6 is 0 Å². The van der Waals surface area contributed by atoms with Crippen LogP contribution in [0.1, 0.15) is 0 Å². The standard InChI is InChI=1S/C17H12N4/c18-15-14-6-7-19-9-12(14)8-13-10-20-17(21-16(13)15)11-4-2-1-3-5-11/h1-10H,18H2. The minimum atomic E-state index is 0.671. The van der Waals surface area contributed by atoms with E-state index in [1.807, 2.05) is 48.7 Å². The molecular weight excluding hydrogens is 260 g/mol. The molecule has 0 fully saturated rings. The number of rotatable bonds is 1. The SMILES string of the molecule is Nc1c2ccncc2cc2cnc(-c3ccccc3)nc12. The average molecular weight is 272 g/mol. The third-order valence-corrected chi connectivity index (χ3v) is 3.56. The fraction of sp³-hybridized carbons (Fsp3) is 0. The largest absolute Gasteiger partial charge is 0.396 e. The molecule has 0 radical (unpaired) electrons. The molecule has 0 atom stereocenters. The van der Waals surface area contributed by atoms with Crippen molar-refractivity contribution in [3.63, 3.8) is 0 Å². The molecule has 2 heterocycles. The molecule has 0 aliphatic carbocycles. The number of aromatic nitrogens is 3. The molecule has 4 rings (SSSR count). The van der Waals surface area contributed by atoms with Crippen molar-refractivity contribution in [3.8, 4) is 11.4 Å². The quantitative estimate of drug-likeness (QED) is 0.426. The molecule has 2 N–H and O–H groups in total. The first-order valence-corrected chi connectivity index (χ1v) is 6.67. The van der Waals surface area contributed by atoms with E-state index >= 15 is 0 Å². The highest BCUT2D eigenvalue weighted by molar-refractivity contribution is 6.08. The van der Waals surface area contributed by atoms with E-state index in [2.05, 4.69) is 15.0 Å². The van der Waals surface area contributed by atoms with Gasteiger partial charge < -0.3 is 5.73 Å². The van der Waals surface area contributed by atoms with Gasteiger partial charge >= 0.3 is 0 Å². The Morgan fingerprint density at radius 1 is 0.905 bits per heavy atom. The second-order valence-corrected chi connectivity index (χ2v) is 4.88. The summed E-state index contributed by atoms with van der Waals surface area (Å²) in [5, 5.41) is 2.89. The molecule has 0 aliphatic heterocycles. The molecule has 0 unspecified atom stereocenters. The monoisotopic (exact) mass is 272 g/mol. The van der Waals surface area contributed by atoms with Crippen LogP contribution in [0.15, 0.2) is 61.1 Å². The van der Waals surface area contributed by atoms with Gasteiger partial charge in [-0.2, -0.15) is 0 Å². The Labute approximate surface area is 121 Å². The van der Waals surface area contributed by atoms with Crippen molar-refractivity contribution in [1.29, 1.82) is 0 Å². The molecule has 4 aromatic rings. The van der Waals surface area contributed by atoms with E-state index in [-0.39, 0.29) is 0 Å². The van der Waals surface area contributed by atoms with Gasteiger partial charge in [-0.05, 0) is 12.1 Å². The first-order chi connectivity index (χ1) is 10.3. The number of hydrogen-bond acceptors (Lipinski definition) is 4. The zero-order chi connectivity index (χ0) is 14.2. The summed E-state index contributed by atoms with van der Waals surface area (Å²) in [5.41, 5.74) is 8.71. The zero-order valence-electron chi connectivity index (χ0n) is 11.2. The van der Waals surface area contributed by atoms with E-state index in [0.29, 0.717) is 11.5 Å². The first kappa shape index (κ1) is 11.8. The van der Waals surface area contributed by atoms with Crippen molar-refractivity contribution in [3.05, 3.63) is 61.1 Å². The van der Waals surface area contributed by atoms with E-state index in [1.165, 1.54) is 0 Å². The van der Waals surface area contributed by atoms with Crippen LogP contribution in [0.4, 0.5) is 5.69 Å². The van der Waals surface area contributed by atoms with E-state index in [0.717, 1.165) is 27.2 Å². The van der Waals surface area contributed by atoms with Crippen molar-refractivity contribution in [2.75, 3.05) is 5.73 Å². The van der Waals surface area contributed by atoms with Gasteiger partial charge in [0.05, 0.1) is 11.2 Å². The van der Waals surface area contributed by atoms with Crippen molar-refractivity contribution in [2.45, 2.75) is 0 Å². The van der Waals surface area contributed by atoms with Gasteiger partial charge in [-0.15, -0.1) is 0 Å². The lowest BCUT2D eigenvalue weighted by Crippen LogP contribution is -1.96. The lowest BCUT2D eigenvalue weighted by Gasteiger charge is -2.07. The number of pyridine rings is 1. The van der Waals surface area contributed by atoms with E-state index in [4.69, 9.17) is 5.73 Å².